The minimum absolute atomic E-state index is 0.178. The standard InChI is InChI=1S/C14H21IO4/c1-2-18-14(17)11-7-5-3-4-6-8-13(16)19-12(9-11)10-15/h9,12H,2-8,10H2,1H3/b11-9+. The van der Waals surface area contributed by atoms with Crippen LogP contribution in [0.1, 0.15) is 45.4 Å². The van der Waals surface area contributed by atoms with Crippen LogP contribution in [0.4, 0.5) is 0 Å². The van der Waals surface area contributed by atoms with Crippen molar-refractivity contribution >= 4 is 34.5 Å². The van der Waals surface area contributed by atoms with Crippen molar-refractivity contribution in [2.75, 3.05) is 11.0 Å². The van der Waals surface area contributed by atoms with Crippen molar-refractivity contribution in [1.82, 2.24) is 0 Å². The van der Waals surface area contributed by atoms with Crippen molar-refractivity contribution in [3.05, 3.63) is 11.6 Å². The van der Waals surface area contributed by atoms with E-state index in [0.717, 1.165) is 25.7 Å². The van der Waals surface area contributed by atoms with Gasteiger partial charge in [-0.25, -0.2) is 4.79 Å². The number of esters is 2. The van der Waals surface area contributed by atoms with Crippen molar-refractivity contribution in [3.8, 4) is 0 Å². The third-order valence-electron chi connectivity index (χ3n) is 2.94. The summed E-state index contributed by atoms with van der Waals surface area (Å²) in [6.07, 6.45) is 6.44. The van der Waals surface area contributed by atoms with E-state index < -0.39 is 0 Å². The van der Waals surface area contributed by atoms with Crippen LogP contribution in [-0.4, -0.2) is 29.1 Å². The average molecular weight is 380 g/mol. The van der Waals surface area contributed by atoms with Crippen LogP contribution >= 0.6 is 22.6 Å². The molecular formula is C14H21IO4. The molecule has 5 heteroatoms. The molecule has 1 aliphatic rings. The molecule has 0 aromatic heterocycles. The van der Waals surface area contributed by atoms with Gasteiger partial charge in [-0.2, -0.15) is 0 Å². The predicted octanol–water partition coefficient (Wildman–Crippen LogP) is 3.18. The molecule has 0 saturated heterocycles. The highest BCUT2D eigenvalue weighted by molar-refractivity contribution is 14.1. The van der Waals surface area contributed by atoms with Gasteiger partial charge in [-0.15, -0.1) is 0 Å². The first-order chi connectivity index (χ1) is 9.17. The van der Waals surface area contributed by atoms with Crippen LogP contribution < -0.4 is 0 Å². The lowest BCUT2D eigenvalue weighted by Gasteiger charge is -2.13. The molecule has 4 nitrogen and oxygen atoms in total. The Kier molecular flexibility index (Phi) is 8.09. The van der Waals surface area contributed by atoms with Gasteiger partial charge in [0.2, 0.25) is 0 Å². The second-order valence-corrected chi connectivity index (χ2v) is 5.39. The summed E-state index contributed by atoms with van der Waals surface area (Å²) >= 11 is 2.16. The Hall–Kier alpha value is -0.590. The van der Waals surface area contributed by atoms with Crippen molar-refractivity contribution in [2.45, 2.75) is 51.6 Å². The first kappa shape index (κ1) is 16.5. The van der Waals surface area contributed by atoms with Gasteiger partial charge in [-0.05, 0) is 32.3 Å². The van der Waals surface area contributed by atoms with Crippen molar-refractivity contribution < 1.29 is 19.1 Å². The maximum atomic E-state index is 11.9. The molecule has 0 fully saturated rings. The van der Waals surface area contributed by atoms with Crippen LogP contribution in [0, 0.1) is 0 Å². The van der Waals surface area contributed by atoms with E-state index in [4.69, 9.17) is 9.47 Å². The summed E-state index contributed by atoms with van der Waals surface area (Å²) in [7, 11) is 0. The van der Waals surface area contributed by atoms with Gasteiger partial charge in [0, 0.05) is 16.4 Å². The molecule has 0 aliphatic carbocycles. The fourth-order valence-electron chi connectivity index (χ4n) is 1.98. The Bertz CT molecular complexity index is 338. The number of carbonyl (C=O) groups is 2. The van der Waals surface area contributed by atoms with Gasteiger partial charge in [0.25, 0.3) is 0 Å². The largest absolute Gasteiger partial charge is 0.463 e. The van der Waals surface area contributed by atoms with Gasteiger partial charge in [-0.1, -0.05) is 35.4 Å². The van der Waals surface area contributed by atoms with E-state index in [1.54, 1.807) is 13.0 Å². The van der Waals surface area contributed by atoms with Crippen LogP contribution in [0.3, 0.4) is 0 Å². The van der Waals surface area contributed by atoms with Gasteiger partial charge < -0.3 is 9.47 Å². The van der Waals surface area contributed by atoms with E-state index in [1.807, 2.05) is 0 Å². The molecule has 1 atom stereocenters. The Morgan fingerprint density at radius 1 is 1.37 bits per heavy atom. The van der Waals surface area contributed by atoms with Crippen LogP contribution in [0.2, 0.25) is 0 Å². The second kappa shape index (κ2) is 9.34. The molecule has 0 spiro atoms. The first-order valence-corrected chi connectivity index (χ1v) is 8.33. The molecule has 0 N–H and O–H groups in total. The molecule has 19 heavy (non-hydrogen) atoms. The summed E-state index contributed by atoms with van der Waals surface area (Å²) in [5.74, 6) is -0.462. The highest BCUT2D eigenvalue weighted by Crippen LogP contribution is 2.17. The van der Waals surface area contributed by atoms with E-state index in [2.05, 4.69) is 22.6 Å². The summed E-state index contributed by atoms with van der Waals surface area (Å²) in [6, 6.07) is 0. The van der Waals surface area contributed by atoms with Crippen LogP contribution in [0.25, 0.3) is 0 Å². The SMILES string of the molecule is CCOC(=O)/C1=C/C(CI)OC(=O)CCCCCC1. The Morgan fingerprint density at radius 3 is 2.68 bits per heavy atom. The number of carbonyl (C=O) groups excluding carboxylic acids is 2. The van der Waals surface area contributed by atoms with Gasteiger partial charge in [0.05, 0.1) is 6.61 Å². The van der Waals surface area contributed by atoms with Gasteiger partial charge in [-0.3, -0.25) is 4.79 Å². The smallest absolute Gasteiger partial charge is 0.333 e. The molecule has 0 radical (unpaired) electrons. The quantitative estimate of drug-likeness (QED) is 0.429. The molecule has 0 amide bonds. The van der Waals surface area contributed by atoms with Crippen molar-refractivity contribution in [3.63, 3.8) is 0 Å². The third kappa shape index (κ3) is 6.40. The fraction of sp³-hybridized carbons (Fsp3) is 0.714. The molecule has 1 unspecified atom stereocenters. The highest BCUT2D eigenvalue weighted by Gasteiger charge is 2.17. The molecule has 1 aliphatic heterocycles. The number of hydrogen-bond acceptors (Lipinski definition) is 4. The Morgan fingerprint density at radius 2 is 2.05 bits per heavy atom. The lowest BCUT2D eigenvalue weighted by Crippen LogP contribution is -2.19. The normalized spacial score (nSPS) is 24.6. The molecule has 0 aromatic rings. The minimum atomic E-state index is -0.328. The zero-order valence-corrected chi connectivity index (χ0v) is 13.5. The topological polar surface area (TPSA) is 52.6 Å². The summed E-state index contributed by atoms with van der Waals surface area (Å²) < 4.78 is 11.1. The third-order valence-corrected chi connectivity index (χ3v) is 3.80. The monoisotopic (exact) mass is 380 g/mol. The molecule has 1 heterocycles. The minimum Gasteiger partial charge on any atom is -0.463 e. The Labute approximate surface area is 128 Å². The summed E-state index contributed by atoms with van der Waals surface area (Å²) in [6.45, 7) is 2.16. The maximum Gasteiger partial charge on any atom is 0.333 e. The lowest BCUT2D eigenvalue weighted by atomic mass is 10.0. The van der Waals surface area contributed by atoms with Gasteiger partial charge >= 0.3 is 11.9 Å². The number of cyclic esters (lactones) is 1. The summed E-state index contributed by atoms with van der Waals surface area (Å²) in [4.78, 5) is 23.5. The molecule has 108 valence electrons. The number of hydrogen-bond donors (Lipinski definition) is 0. The average Bonchev–Trinajstić information content (AvgIpc) is 2.43. The molecule has 0 saturated carbocycles. The van der Waals surface area contributed by atoms with E-state index in [1.165, 1.54) is 0 Å². The molecule has 1 rings (SSSR count). The molecular weight excluding hydrogens is 359 g/mol. The van der Waals surface area contributed by atoms with Crippen molar-refractivity contribution in [1.29, 1.82) is 0 Å². The molecule has 0 bridgehead atoms. The highest BCUT2D eigenvalue weighted by atomic mass is 127. The maximum absolute atomic E-state index is 11.9. The second-order valence-electron chi connectivity index (χ2n) is 4.51. The number of halogens is 1. The van der Waals surface area contributed by atoms with Gasteiger partial charge in [0.1, 0.15) is 6.10 Å². The fourth-order valence-corrected chi connectivity index (χ4v) is 2.41. The Balaban J connectivity index is 2.80. The number of ether oxygens (including phenoxy) is 2. The van der Waals surface area contributed by atoms with E-state index in [0.29, 0.717) is 29.4 Å². The summed E-state index contributed by atoms with van der Waals surface area (Å²) in [5.41, 5.74) is 0.637. The van der Waals surface area contributed by atoms with Crippen LogP contribution in [-0.2, 0) is 19.1 Å². The van der Waals surface area contributed by atoms with E-state index >= 15 is 0 Å². The lowest BCUT2D eigenvalue weighted by molar-refractivity contribution is -0.146. The first-order valence-electron chi connectivity index (χ1n) is 6.80. The predicted molar refractivity (Wildman–Crippen MR) is 81.2 cm³/mol. The number of rotatable bonds is 3. The zero-order valence-electron chi connectivity index (χ0n) is 11.3. The number of alkyl halides is 1. The van der Waals surface area contributed by atoms with E-state index in [9.17, 15) is 9.59 Å². The van der Waals surface area contributed by atoms with Crippen molar-refractivity contribution in [2.24, 2.45) is 0 Å². The molecule has 0 aromatic carbocycles. The van der Waals surface area contributed by atoms with Gasteiger partial charge in [0.15, 0.2) is 0 Å². The van der Waals surface area contributed by atoms with Crippen LogP contribution in [0.5, 0.6) is 0 Å². The summed E-state index contributed by atoms with van der Waals surface area (Å²) in [5, 5.41) is 0. The van der Waals surface area contributed by atoms with Crippen LogP contribution in [0.15, 0.2) is 11.6 Å². The zero-order chi connectivity index (χ0) is 14.1. The van der Waals surface area contributed by atoms with E-state index in [-0.39, 0.29) is 18.0 Å².